The molecule has 2 aliphatic carbocycles. The predicted molar refractivity (Wildman–Crippen MR) is 99.4 cm³/mol. The van der Waals surface area contributed by atoms with Crippen molar-refractivity contribution >= 4 is 17.4 Å². The van der Waals surface area contributed by atoms with E-state index in [4.69, 9.17) is 0 Å². The average molecular weight is 314 g/mol. The Hall–Kier alpha value is -2.41. The SMILES string of the molecule is CC1(C)CC(c2ccccc2)=CC(=O)[C@@]12C=Cc1ccccc1C2. The quantitative estimate of drug-likeness (QED) is 0.696. The van der Waals surface area contributed by atoms with E-state index in [0.29, 0.717) is 0 Å². The Morgan fingerprint density at radius 2 is 1.58 bits per heavy atom. The van der Waals surface area contributed by atoms with Gasteiger partial charge in [0.25, 0.3) is 0 Å². The minimum Gasteiger partial charge on any atom is -0.294 e. The lowest BCUT2D eigenvalue weighted by Crippen LogP contribution is -2.47. The van der Waals surface area contributed by atoms with Crippen molar-refractivity contribution < 1.29 is 4.79 Å². The maximum absolute atomic E-state index is 13.3. The normalized spacial score (nSPS) is 24.6. The molecule has 1 spiro atoms. The van der Waals surface area contributed by atoms with Crippen molar-refractivity contribution in [1.82, 2.24) is 0 Å². The molecule has 120 valence electrons. The summed E-state index contributed by atoms with van der Waals surface area (Å²) >= 11 is 0. The van der Waals surface area contributed by atoms with Gasteiger partial charge in [0.05, 0.1) is 5.41 Å². The first kappa shape index (κ1) is 15.1. The van der Waals surface area contributed by atoms with Crippen LogP contribution >= 0.6 is 0 Å². The highest BCUT2D eigenvalue weighted by molar-refractivity contribution is 6.05. The molecule has 0 bridgehead atoms. The number of hydrogen-bond acceptors (Lipinski definition) is 1. The number of ketones is 1. The average Bonchev–Trinajstić information content (AvgIpc) is 2.60. The van der Waals surface area contributed by atoms with Gasteiger partial charge in [0.2, 0.25) is 0 Å². The van der Waals surface area contributed by atoms with Gasteiger partial charge < -0.3 is 0 Å². The molecule has 0 aliphatic heterocycles. The Labute approximate surface area is 143 Å². The zero-order chi connectivity index (χ0) is 16.8. The number of benzene rings is 2. The minimum absolute atomic E-state index is 0.117. The first-order valence-corrected chi connectivity index (χ1v) is 8.59. The van der Waals surface area contributed by atoms with Crippen molar-refractivity contribution in [2.75, 3.05) is 0 Å². The number of fused-ring (bicyclic) bond motifs is 1. The van der Waals surface area contributed by atoms with Gasteiger partial charge in [-0.3, -0.25) is 4.79 Å². The molecule has 4 rings (SSSR count). The Bertz CT molecular complexity index is 855. The molecule has 1 nitrogen and oxygen atoms in total. The summed E-state index contributed by atoms with van der Waals surface area (Å²) < 4.78 is 0. The van der Waals surface area contributed by atoms with E-state index in [1.54, 1.807) is 0 Å². The molecule has 0 N–H and O–H groups in total. The van der Waals surface area contributed by atoms with Crippen LogP contribution in [0.5, 0.6) is 0 Å². The van der Waals surface area contributed by atoms with Crippen LogP contribution in [0.4, 0.5) is 0 Å². The summed E-state index contributed by atoms with van der Waals surface area (Å²) in [7, 11) is 0. The van der Waals surface area contributed by atoms with E-state index in [0.717, 1.165) is 24.0 Å². The molecular formula is C23H22O. The van der Waals surface area contributed by atoms with E-state index in [1.807, 2.05) is 24.3 Å². The first-order valence-electron chi connectivity index (χ1n) is 8.59. The largest absolute Gasteiger partial charge is 0.294 e. The van der Waals surface area contributed by atoms with Crippen LogP contribution in [-0.2, 0) is 11.2 Å². The van der Waals surface area contributed by atoms with Crippen LogP contribution in [-0.4, -0.2) is 5.78 Å². The van der Waals surface area contributed by atoms with Crippen LogP contribution in [0.25, 0.3) is 11.6 Å². The lowest BCUT2D eigenvalue weighted by Gasteiger charge is -2.48. The highest BCUT2D eigenvalue weighted by atomic mass is 16.1. The fraction of sp³-hybridized carbons (Fsp3) is 0.261. The monoisotopic (exact) mass is 314 g/mol. The van der Waals surface area contributed by atoms with Gasteiger partial charge in [0.15, 0.2) is 5.78 Å². The molecule has 0 heterocycles. The number of hydrogen-bond donors (Lipinski definition) is 0. The molecule has 0 unspecified atom stereocenters. The predicted octanol–water partition coefficient (Wildman–Crippen LogP) is 5.32. The van der Waals surface area contributed by atoms with E-state index in [1.165, 1.54) is 11.1 Å². The van der Waals surface area contributed by atoms with Gasteiger partial charge in [-0.25, -0.2) is 0 Å². The molecule has 0 saturated heterocycles. The molecule has 2 aromatic carbocycles. The van der Waals surface area contributed by atoms with Gasteiger partial charge in [-0.15, -0.1) is 0 Å². The minimum atomic E-state index is -0.431. The smallest absolute Gasteiger partial charge is 0.166 e. The standard InChI is InChI=1S/C23H22O/c1-22(2)15-20(17-8-4-3-5-9-17)14-21(24)23(22)13-12-18-10-6-7-11-19(18)16-23/h3-14H,15-16H2,1-2H3/t23-/m0/s1. The van der Waals surface area contributed by atoms with Crippen LogP contribution in [0, 0.1) is 10.8 Å². The summed E-state index contributed by atoms with van der Waals surface area (Å²) in [4.78, 5) is 13.3. The Balaban J connectivity index is 1.79. The van der Waals surface area contributed by atoms with Crippen molar-refractivity contribution in [1.29, 1.82) is 0 Å². The number of allylic oxidation sites excluding steroid dienone is 3. The fourth-order valence-corrected chi connectivity index (χ4v) is 4.23. The van der Waals surface area contributed by atoms with Crippen LogP contribution in [0.15, 0.2) is 66.7 Å². The maximum Gasteiger partial charge on any atom is 0.166 e. The molecule has 0 saturated carbocycles. The van der Waals surface area contributed by atoms with Crippen molar-refractivity contribution in [3.05, 3.63) is 83.4 Å². The molecule has 0 amide bonds. The van der Waals surface area contributed by atoms with Gasteiger partial charge in [0, 0.05) is 0 Å². The van der Waals surface area contributed by atoms with Gasteiger partial charge in [0.1, 0.15) is 0 Å². The lowest BCUT2D eigenvalue weighted by atomic mass is 9.53. The van der Waals surface area contributed by atoms with Crippen molar-refractivity contribution in [3.8, 4) is 0 Å². The molecular weight excluding hydrogens is 292 g/mol. The van der Waals surface area contributed by atoms with Crippen LogP contribution < -0.4 is 0 Å². The Morgan fingerprint density at radius 3 is 2.33 bits per heavy atom. The van der Waals surface area contributed by atoms with Gasteiger partial charge in [-0.1, -0.05) is 80.6 Å². The molecule has 0 aromatic heterocycles. The van der Waals surface area contributed by atoms with E-state index in [2.05, 4.69) is 62.4 Å². The molecule has 2 aromatic rings. The second kappa shape index (κ2) is 5.31. The molecule has 2 aliphatic rings. The van der Waals surface area contributed by atoms with E-state index < -0.39 is 5.41 Å². The van der Waals surface area contributed by atoms with Crippen molar-refractivity contribution in [3.63, 3.8) is 0 Å². The summed E-state index contributed by atoms with van der Waals surface area (Å²) in [5.74, 6) is 0.239. The highest BCUT2D eigenvalue weighted by Crippen LogP contribution is 2.54. The number of rotatable bonds is 1. The molecule has 0 radical (unpaired) electrons. The third-order valence-corrected chi connectivity index (χ3v) is 5.80. The highest BCUT2D eigenvalue weighted by Gasteiger charge is 2.51. The van der Waals surface area contributed by atoms with Crippen molar-refractivity contribution in [2.24, 2.45) is 10.8 Å². The Kier molecular flexibility index (Phi) is 3.35. The van der Waals surface area contributed by atoms with Gasteiger partial charge >= 0.3 is 0 Å². The van der Waals surface area contributed by atoms with Crippen LogP contribution in [0.2, 0.25) is 0 Å². The summed E-state index contributed by atoms with van der Waals surface area (Å²) in [6, 6.07) is 18.7. The topological polar surface area (TPSA) is 17.1 Å². The van der Waals surface area contributed by atoms with Gasteiger partial charge in [-0.2, -0.15) is 0 Å². The van der Waals surface area contributed by atoms with E-state index >= 15 is 0 Å². The van der Waals surface area contributed by atoms with Gasteiger partial charge in [-0.05, 0) is 46.6 Å². The third kappa shape index (κ3) is 2.19. The van der Waals surface area contributed by atoms with Crippen LogP contribution in [0.1, 0.15) is 37.0 Å². The fourth-order valence-electron chi connectivity index (χ4n) is 4.23. The lowest BCUT2D eigenvalue weighted by molar-refractivity contribution is -0.127. The summed E-state index contributed by atoms with van der Waals surface area (Å²) in [5, 5.41) is 0. The van der Waals surface area contributed by atoms with Crippen molar-refractivity contribution in [2.45, 2.75) is 26.7 Å². The summed E-state index contributed by atoms with van der Waals surface area (Å²) in [6.07, 6.45) is 7.90. The summed E-state index contributed by atoms with van der Waals surface area (Å²) in [5.41, 5.74) is 4.29. The second-order valence-electron chi connectivity index (χ2n) is 7.64. The number of carbonyl (C=O) groups is 1. The van der Waals surface area contributed by atoms with E-state index in [9.17, 15) is 4.79 Å². The second-order valence-corrected chi connectivity index (χ2v) is 7.64. The van der Waals surface area contributed by atoms with E-state index in [-0.39, 0.29) is 11.2 Å². The van der Waals surface area contributed by atoms with Crippen LogP contribution in [0.3, 0.4) is 0 Å². The Morgan fingerprint density at radius 1 is 0.875 bits per heavy atom. The number of carbonyl (C=O) groups excluding carboxylic acids is 1. The zero-order valence-electron chi connectivity index (χ0n) is 14.3. The first-order chi connectivity index (χ1) is 11.5. The summed E-state index contributed by atoms with van der Waals surface area (Å²) in [6.45, 7) is 4.47. The zero-order valence-corrected chi connectivity index (χ0v) is 14.3. The molecule has 0 fully saturated rings. The third-order valence-electron chi connectivity index (χ3n) is 5.80. The maximum atomic E-state index is 13.3. The molecule has 24 heavy (non-hydrogen) atoms. The molecule has 1 heteroatoms. The molecule has 1 atom stereocenters.